The van der Waals surface area contributed by atoms with Crippen LogP contribution in [0.4, 0.5) is 4.79 Å². The highest BCUT2D eigenvalue weighted by Gasteiger charge is 2.14. The number of hydrogen-bond acceptors (Lipinski definition) is 3. The Morgan fingerprint density at radius 3 is 2.59 bits per heavy atom. The first-order chi connectivity index (χ1) is 8.10. The fraction of sp³-hybridized carbons (Fsp3) is 0.462. The molecule has 0 saturated carbocycles. The molecule has 0 aromatic heterocycles. The highest BCUT2D eigenvalue weighted by Crippen LogP contribution is 2.33. The minimum atomic E-state index is -1.41. The molecule has 0 atom stereocenters. The van der Waals surface area contributed by atoms with E-state index >= 15 is 0 Å². The Hall–Kier alpha value is -1.71. The second kappa shape index (κ2) is 6.13. The molecule has 1 rings (SSSR count). The van der Waals surface area contributed by atoms with Crippen LogP contribution in [-0.4, -0.2) is 16.4 Å². The van der Waals surface area contributed by atoms with Gasteiger partial charge in [0.05, 0.1) is 0 Å². The van der Waals surface area contributed by atoms with Gasteiger partial charge in [0.15, 0.2) is 11.5 Å². The molecule has 0 unspecified atom stereocenters. The highest BCUT2D eigenvalue weighted by atomic mass is 16.7. The minimum Gasteiger partial charge on any atom is -0.504 e. The maximum atomic E-state index is 10.4. The molecule has 0 aliphatic rings. The molecule has 0 saturated heterocycles. The Morgan fingerprint density at radius 2 is 2.06 bits per heavy atom. The largest absolute Gasteiger partial charge is 0.511 e. The first kappa shape index (κ1) is 13.4. The van der Waals surface area contributed by atoms with Gasteiger partial charge in [-0.15, -0.1) is 0 Å². The van der Waals surface area contributed by atoms with Crippen LogP contribution in [0.25, 0.3) is 0 Å². The molecule has 0 amide bonds. The van der Waals surface area contributed by atoms with Crippen molar-refractivity contribution in [2.24, 2.45) is 0 Å². The summed E-state index contributed by atoms with van der Waals surface area (Å²) in [5.41, 5.74) is 1.83. The molecule has 0 aliphatic carbocycles. The summed E-state index contributed by atoms with van der Waals surface area (Å²) >= 11 is 0. The normalized spacial score (nSPS) is 10.2. The van der Waals surface area contributed by atoms with E-state index in [2.05, 4.69) is 11.7 Å². The Kier molecular flexibility index (Phi) is 4.82. The summed E-state index contributed by atoms with van der Waals surface area (Å²) in [6.45, 7) is 4.03. The molecule has 2 N–H and O–H groups in total. The zero-order valence-corrected chi connectivity index (χ0v) is 10.2. The van der Waals surface area contributed by atoms with E-state index in [1.54, 1.807) is 0 Å². The lowest BCUT2D eigenvalue weighted by Gasteiger charge is -2.12. The molecule has 17 heavy (non-hydrogen) atoms. The fourth-order valence-electron chi connectivity index (χ4n) is 1.83. The summed E-state index contributed by atoms with van der Waals surface area (Å²) in [6.07, 6.45) is 2.26. The van der Waals surface area contributed by atoms with Crippen LogP contribution in [0.3, 0.4) is 0 Å². The number of aryl methyl sites for hydroxylation is 1. The van der Waals surface area contributed by atoms with E-state index in [4.69, 9.17) is 5.11 Å². The average molecular weight is 238 g/mol. The van der Waals surface area contributed by atoms with Crippen LogP contribution in [0.15, 0.2) is 12.1 Å². The van der Waals surface area contributed by atoms with E-state index in [1.807, 2.05) is 13.0 Å². The number of benzene rings is 1. The number of hydrogen-bond donors (Lipinski definition) is 2. The van der Waals surface area contributed by atoms with Crippen molar-refractivity contribution >= 4 is 6.16 Å². The van der Waals surface area contributed by atoms with Crippen molar-refractivity contribution < 1.29 is 19.7 Å². The zero-order chi connectivity index (χ0) is 12.8. The number of carbonyl (C=O) groups is 1. The van der Waals surface area contributed by atoms with E-state index in [1.165, 1.54) is 6.07 Å². The van der Waals surface area contributed by atoms with Crippen LogP contribution in [0.1, 0.15) is 37.8 Å². The predicted molar refractivity (Wildman–Crippen MR) is 64.7 cm³/mol. The Balaban J connectivity index is 3.03. The standard InChI is InChI=1S/C13H18O4/c1-3-5-6-9-7-8-11(17-13(15)16)12(14)10(9)4-2/h7-8,14H,3-6H2,1-2H3,(H,15,16). The van der Waals surface area contributed by atoms with E-state index < -0.39 is 6.16 Å². The lowest BCUT2D eigenvalue weighted by molar-refractivity contribution is 0.143. The number of phenolic OH excluding ortho intramolecular Hbond substituents is 1. The van der Waals surface area contributed by atoms with Crippen molar-refractivity contribution in [3.63, 3.8) is 0 Å². The van der Waals surface area contributed by atoms with Gasteiger partial charge in [0.2, 0.25) is 0 Å². The van der Waals surface area contributed by atoms with Gasteiger partial charge in [0.25, 0.3) is 0 Å². The second-order valence-corrected chi connectivity index (χ2v) is 3.88. The first-order valence-corrected chi connectivity index (χ1v) is 5.84. The summed E-state index contributed by atoms with van der Waals surface area (Å²) in [7, 11) is 0. The van der Waals surface area contributed by atoms with Gasteiger partial charge in [-0.3, -0.25) is 0 Å². The van der Waals surface area contributed by atoms with Crippen molar-refractivity contribution in [1.82, 2.24) is 0 Å². The summed E-state index contributed by atoms with van der Waals surface area (Å²) in [5, 5.41) is 18.5. The molecule has 0 aliphatic heterocycles. The van der Waals surface area contributed by atoms with Crippen molar-refractivity contribution in [3.05, 3.63) is 23.3 Å². The molecule has 1 aromatic rings. The van der Waals surface area contributed by atoms with Crippen LogP contribution in [0.2, 0.25) is 0 Å². The van der Waals surface area contributed by atoms with E-state index in [9.17, 15) is 9.90 Å². The summed E-state index contributed by atoms with van der Waals surface area (Å²) in [6, 6.07) is 3.33. The van der Waals surface area contributed by atoms with Crippen molar-refractivity contribution in [3.8, 4) is 11.5 Å². The number of unbranched alkanes of at least 4 members (excludes halogenated alkanes) is 1. The zero-order valence-electron chi connectivity index (χ0n) is 10.2. The van der Waals surface area contributed by atoms with Gasteiger partial charge < -0.3 is 14.9 Å². The van der Waals surface area contributed by atoms with Gasteiger partial charge >= 0.3 is 6.16 Å². The maximum absolute atomic E-state index is 10.4. The summed E-state index contributed by atoms with van der Waals surface area (Å²) in [5.74, 6) is -0.0434. The fourth-order valence-corrected chi connectivity index (χ4v) is 1.83. The molecule has 1 aromatic carbocycles. The van der Waals surface area contributed by atoms with E-state index in [0.717, 1.165) is 30.4 Å². The second-order valence-electron chi connectivity index (χ2n) is 3.88. The third kappa shape index (κ3) is 3.37. The van der Waals surface area contributed by atoms with Crippen LogP contribution in [0, 0.1) is 0 Å². The maximum Gasteiger partial charge on any atom is 0.511 e. The summed E-state index contributed by atoms with van der Waals surface area (Å²) < 4.78 is 4.51. The van der Waals surface area contributed by atoms with Crippen molar-refractivity contribution in [2.45, 2.75) is 39.5 Å². The third-order valence-corrected chi connectivity index (χ3v) is 2.69. The number of carboxylic acid groups (broad SMARTS) is 1. The van der Waals surface area contributed by atoms with E-state index in [-0.39, 0.29) is 11.5 Å². The van der Waals surface area contributed by atoms with Crippen LogP contribution in [-0.2, 0) is 12.8 Å². The Bertz CT molecular complexity index is 399. The molecule has 0 bridgehead atoms. The van der Waals surface area contributed by atoms with Gasteiger partial charge in [0, 0.05) is 5.56 Å². The Labute approximate surface area is 101 Å². The van der Waals surface area contributed by atoms with E-state index in [0.29, 0.717) is 6.42 Å². The van der Waals surface area contributed by atoms with Crippen LogP contribution in [0.5, 0.6) is 11.5 Å². The first-order valence-electron chi connectivity index (χ1n) is 5.84. The molecular formula is C13H18O4. The van der Waals surface area contributed by atoms with Gasteiger partial charge in [-0.2, -0.15) is 0 Å². The van der Waals surface area contributed by atoms with Crippen molar-refractivity contribution in [2.75, 3.05) is 0 Å². The molecule has 4 nitrogen and oxygen atoms in total. The number of phenols is 1. The lowest BCUT2D eigenvalue weighted by atomic mass is 9.99. The predicted octanol–water partition coefficient (Wildman–Crippen LogP) is 3.35. The molecular weight excluding hydrogens is 220 g/mol. The van der Waals surface area contributed by atoms with Gasteiger partial charge in [-0.1, -0.05) is 26.3 Å². The van der Waals surface area contributed by atoms with Gasteiger partial charge in [-0.25, -0.2) is 4.79 Å². The molecule has 94 valence electrons. The smallest absolute Gasteiger partial charge is 0.504 e. The monoisotopic (exact) mass is 238 g/mol. The van der Waals surface area contributed by atoms with Crippen LogP contribution >= 0.6 is 0 Å². The van der Waals surface area contributed by atoms with Crippen LogP contribution < -0.4 is 4.74 Å². The molecule has 0 fully saturated rings. The SMILES string of the molecule is CCCCc1ccc(OC(=O)O)c(O)c1CC. The number of aromatic hydroxyl groups is 1. The van der Waals surface area contributed by atoms with Crippen molar-refractivity contribution in [1.29, 1.82) is 0 Å². The number of ether oxygens (including phenoxy) is 1. The molecule has 0 radical (unpaired) electrons. The lowest BCUT2D eigenvalue weighted by Crippen LogP contribution is -2.05. The van der Waals surface area contributed by atoms with Gasteiger partial charge in [-0.05, 0) is 30.9 Å². The average Bonchev–Trinajstić information content (AvgIpc) is 2.29. The van der Waals surface area contributed by atoms with Gasteiger partial charge in [0.1, 0.15) is 0 Å². The molecule has 0 spiro atoms. The molecule has 4 heteroatoms. The Morgan fingerprint density at radius 1 is 1.35 bits per heavy atom. The minimum absolute atomic E-state index is 0.00889. The molecule has 0 heterocycles. The summed E-state index contributed by atoms with van der Waals surface area (Å²) in [4.78, 5) is 10.4. The highest BCUT2D eigenvalue weighted by molar-refractivity contribution is 5.64. The third-order valence-electron chi connectivity index (χ3n) is 2.69. The quantitative estimate of drug-likeness (QED) is 0.609. The number of rotatable bonds is 5. The topological polar surface area (TPSA) is 66.8 Å².